The van der Waals surface area contributed by atoms with Gasteiger partial charge in [0.1, 0.15) is 5.75 Å². The van der Waals surface area contributed by atoms with Gasteiger partial charge in [-0.2, -0.15) is 0 Å². The number of likely N-dealkylation sites (N-methyl/N-ethyl adjacent to an activating group) is 1. The molecule has 0 saturated heterocycles. The third kappa shape index (κ3) is 3.73. The van der Waals surface area contributed by atoms with Gasteiger partial charge in [0.05, 0.1) is 4.47 Å². The van der Waals surface area contributed by atoms with E-state index in [4.69, 9.17) is 4.74 Å². The summed E-state index contributed by atoms with van der Waals surface area (Å²) in [4.78, 5) is 14.1. The van der Waals surface area contributed by atoms with Crippen LogP contribution in [0, 0.1) is 0 Å². The number of carbonyl (C=O) groups is 1. The van der Waals surface area contributed by atoms with Gasteiger partial charge in [0, 0.05) is 24.7 Å². The Hall–Kier alpha value is -1.07. The number of para-hydroxylation sites is 1. The highest BCUT2D eigenvalue weighted by molar-refractivity contribution is 9.10. The van der Waals surface area contributed by atoms with Crippen molar-refractivity contribution < 1.29 is 9.53 Å². The lowest BCUT2D eigenvalue weighted by Gasteiger charge is -2.21. The number of amides is 1. The van der Waals surface area contributed by atoms with E-state index in [9.17, 15) is 4.79 Å². The Balaban J connectivity index is 2.00. The molecule has 4 nitrogen and oxygen atoms in total. The van der Waals surface area contributed by atoms with Crippen molar-refractivity contribution in [3.8, 4) is 5.75 Å². The van der Waals surface area contributed by atoms with Crippen molar-refractivity contribution in [2.24, 2.45) is 0 Å². The van der Waals surface area contributed by atoms with Gasteiger partial charge in [0.2, 0.25) is 0 Å². The molecule has 0 heterocycles. The Morgan fingerprint density at radius 1 is 1.50 bits per heavy atom. The van der Waals surface area contributed by atoms with Crippen LogP contribution in [0.5, 0.6) is 5.75 Å². The molecule has 1 aliphatic rings. The minimum atomic E-state index is 0.0705. The lowest BCUT2D eigenvalue weighted by Crippen LogP contribution is -2.36. The first-order valence-corrected chi connectivity index (χ1v) is 7.81. The lowest BCUT2D eigenvalue weighted by molar-refractivity contribution is -0.133. The molecule has 110 valence electrons. The maximum Gasteiger partial charge on any atom is 0.260 e. The summed E-state index contributed by atoms with van der Waals surface area (Å²) in [6.45, 7) is 3.58. The fraction of sp³-hybridized carbons (Fsp3) is 0.533. The largest absolute Gasteiger partial charge is 0.482 e. The van der Waals surface area contributed by atoms with E-state index in [1.807, 2.05) is 37.1 Å². The highest BCUT2D eigenvalue weighted by atomic mass is 79.9. The van der Waals surface area contributed by atoms with Crippen LogP contribution in [0.3, 0.4) is 0 Å². The predicted molar refractivity (Wildman–Crippen MR) is 82.8 cm³/mol. The van der Waals surface area contributed by atoms with E-state index in [0.29, 0.717) is 12.6 Å². The maximum atomic E-state index is 12.2. The van der Waals surface area contributed by atoms with Crippen LogP contribution in [0.4, 0.5) is 0 Å². The van der Waals surface area contributed by atoms with Gasteiger partial charge in [0.15, 0.2) is 6.61 Å². The molecular weight excluding hydrogens is 320 g/mol. The van der Waals surface area contributed by atoms with Gasteiger partial charge in [0.25, 0.3) is 5.91 Å². The number of hydrogen-bond acceptors (Lipinski definition) is 3. The van der Waals surface area contributed by atoms with Crippen molar-refractivity contribution in [1.29, 1.82) is 0 Å². The molecule has 0 spiro atoms. The second-order valence-corrected chi connectivity index (χ2v) is 5.81. The van der Waals surface area contributed by atoms with E-state index in [1.165, 1.54) is 0 Å². The maximum absolute atomic E-state index is 12.2. The zero-order valence-electron chi connectivity index (χ0n) is 12.0. The van der Waals surface area contributed by atoms with E-state index in [2.05, 4.69) is 21.2 Å². The van der Waals surface area contributed by atoms with Crippen LogP contribution < -0.4 is 10.1 Å². The van der Waals surface area contributed by atoms with Crippen molar-refractivity contribution in [2.45, 2.75) is 32.4 Å². The standard InChI is InChI=1S/C15H21BrN2O2/c1-3-18(12-7-8-12)14(19)10-20-15-11(9-17-2)5-4-6-13(15)16/h4-6,12,17H,3,7-10H2,1-2H3. The Labute approximate surface area is 128 Å². The van der Waals surface area contributed by atoms with Crippen molar-refractivity contribution in [1.82, 2.24) is 10.2 Å². The molecule has 1 aromatic carbocycles. The second kappa shape index (κ2) is 7.09. The molecule has 1 amide bonds. The van der Waals surface area contributed by atoms with Gasteiger partial charge >= 0.3 is 0 Å². The summed E-state index contributed by atoms with van der Waals surface area (Å²) in [6, 6.07) is 6.33. The molecule has 0 aromatic heterocycles. The minimum Gasteiger partial charge on any atom is -0.482 e. The summed E-state index contributed by atoms with van der Waals surface area (Å²) >= 11 is 3.48. The fourth-order valence-electron chi connectivity index (χ4n) is 2.29. The summed E-state index contributed by atoms with van der Waals surface area (Å²) in [5, 5.41) is 3.11. The summed E-state index contributed by atoms with van der Waals surface area (Å²) < 4.78 is 6.65. The van der Waals surface area contributed by atoms with Crippen molar-refractivity contribution in [3.05, 3.63) is 28.2 Å². The van der Waals surface area contributed by atoms with E-state index in [0.717, 1.165) is 35.2 Å². The third-order valence-electron chi connectivity index (χ3n) is 3.40. The first kappa shape index (κ1) is 15.3. The Morgan fingerprint density at radius 3 is 2.85 bits per heavy atom. The van der Waals surface area contributed by atoms with Gasteiger partial charge in [-0.3, -0.25) is 4.79 Å². The normalized spacial score (nSPS) is 14.2. The Morgan fingerprint density at radius 2 is 2.25 bits per heavy atom. The van der Waals surface area contributed by atoms with Crippen LogP contribution in [0.25, 0.3) is 0 Å². The molecule has 1 N–H and O–H groups in total. The second-order valence-electron chi connectivity index (χ2n) is 4.96. The lowest BCUT2D eigenvalue weighted by atomic mass is 10.2. The van der Waals surface area contributed by atoms with Crippen LogP contribution in [0.15, 0.2) is 22.7 Å². The average Bonchev–Trinajstić information content (AvgIpc) is 3.24. The quantitative estimate of drug-likeness (QED) is 0.829. The molecule has 0 unspecified atom stereocenters. The molecule has 0 atom stereocenters. The van der Waals surface area contributed by atoms with E-state index < -0.39 is 0 Å². The van der Waals surface area contributed by atoms with Gasteiger partial charge in [-0.15, -0.1) is 0 Å². The summed E-state index contributed by atoms with van der Waals surface area (Å²) in [5.74, 6) is 0.822. The molecule has 0 aliphatic heterocycles. The highest BCUT2D eigenvalue weighted by Gasteiger charge is 2.31. The molecule has 1 aliphatic carbocycles. The van der Waals surface area contributed by atoms with E-state index in [-0.39, 0.29) is 12.5 Å². The predicted octanol–water partition coefficient (Wildman–Crippen LogP) is 2.56. The Bertz CT molecular complexity index is 475. The molecule has 5 heteroatoms. The van der Waals surface area contributed by atoms with Crippen LogP contribution >= 0.6 is 15.9 Å². The summed E-state index contributed by atoms with van der Waals surface area (Å²) in [5.41, 5.74) is 1.05. The van der Waals surface area contributed by atoms with Crippen molar-refractivity contribution in [2.75, 3.05) is 20.2 Å². The first-order valence-electron chi connectivity index (χ1n) is 7.01. The number of halogens is 1. The molecule has 2 rings (SSSR count). The zero-order valence-corrected chi connectivity index (χ0v) is 13.6. The average molecular weight is 341 g/mol. The summed E-state index contributed by atoms with van der Waals surface area (Å²) in [7, 11) is 1.89. The van der Waals surface area contributed by atoms with Crippen LogP contribution in [-0.4, -0.2) is 37.0 Å². The number of nitrogens with one attached hydrogen (secondary N) is 1. The topological polar surface area (TPSA) is 41.6 Å². The molecule has 0 radical (unpaired) electrons. The summed E-state index contributed by atoms with van der Waals surface area (Å²) in [6.07, 6.45) is 2.25. The number of rotatable bonds is 7. The van der Waals surface area contributed by atoms with Crippen molar-refractivity contribution in [3.63, 3.8) is 0 Å². The fourth-order valence-corrected chi connectivity index (χ4v) is 2.81. The molecular formula is C15H21BrN2O2. The van der Waals surface area contributed by atoms with Crippen molar-refractivity contribution >= 4 is 21.8 Å². The molecule has 1 saturated carbocycles. The third-order valence-corrected chi connectivity index (χ3v) is 4.03. The number of benzene rings is 1. The first-order chi connectivity index (χ1) is 9.67. The Kier molecular flexibility index (Phi) is 5.43. The van der Waals surface area contributed by atoms with Gasteiger partial charge in [-0.1, -0.05) is 12.1 Å². The minimum absolute atomic E-state index is 0.0705. The number of hydrogen-bond donors (Lipinski definition) is 1. The smallest absolute Gasteiger partial charge is 0.260 e. The van der Waals surface area contributed by atoms with Crippen LogP contribution in [0.1, 0.15) is 25.3 Å². The molecule has 20 heavy (non-hydrogen) atoms. The zero-order chi connectivity index (χ0) is 14.5. The van der Waals surface area contributed by atoms with E-state index >= 15 is 0 Å². The van der Waals surface area contributed by atoms with Gasteiger partial charge < -0.3 is 15.0 Å². The van der Waals surface area contributed by atoms with Crippen LogP contribution in [0.2, 0.25) is 0 Å². The number of carbonyl (C=O) groups excluding carboxylic acids is 1. The number of ether oxygens (including phenoxy) is 1. The molecule has 0 bridgehead atoms. The highest BCUT2D eigenvalue weighted by Crippen LogP contribution is 2.30. The monoisotopic (exact) mass is 340 g/mol. The molecule has 1 fully saturated rings. The molecule has 1 aromatic rings. The van der Waals surface area contributed by atoms with Crippen LogP contribution in [-0.2, 0) is 11.3 Å². The van der Waals surface area contributed by atoms with Gasteiger partial charge in [-0.25, -0.2) is 0 Å². The van der Waals surface area contributed by atoms with Gasteiger partial charge in [-0.05, 0) is 48.8 Å². The SMILES string of the molecule is CCN(C(=O)COc1c(Br)cccc1CNC)C1CC1. The van der Waals surface area contributed by atoms with E-state index in [1.54, 1.807) is 0 Å². The number of nitrogens with zero attached hydrogens (tertiary/aromatic N) is 1.